The van der Waals surface area contributed by atoms with Crippen LogP contribution in [0.15, 0.2) is 5.38 Å². The fourth-order valence-electron chi connectivity index (χ4n) is 1.64. The molecule has 1 fully saturated rings. The van der Waals surface area contributed by atoms with E-state index in [9.17, 15) is 9.59 Å². The maximum absolute atomic E-state index is 11.7. The molecule has 0 saturated carbocycles. The van der Waals surface area contributed by atoms with Gasteiger partial charge in [0.25, 0.3) is 5.91 Å². The molecule has 1 saturated heterocycles. The summed E-state index contributed by atoms with van der Waals surface area (Å²) in [6.07, 6.45) is 1.90. The maximum atomic E-state index is 11.7. The number of aliphatic carboxylic acids is 1. The number of hydrogen-bond acceptors (Lipinski definition) is 5. The van der Waals surface area contributed by atoms with Gasteiger partial charge in [0, 0.05) is 12.0 Å². The highest BCUT2D eigenvalue weighted by Crippen LogP contribution is 2.30. The van der Waals surface area contributed by atoms with Crippen LogP contribution < -0.4 is 5.32 Å². The molecule has 18 heavy (non-hydrogen) atoms. The molecule has 2 atom stereocenters. The van der Waals surface area contributed by atoms with Gasteiger partial charge in [-0.3, -0.25) is 9.59 Å². The summed E-state index contributed by atoms with van der Waals surface area (Å²) in [6, 6.07) is -0.926. The maximum Gasteiger partial charge on any atom is 0.325 e. The molecule has 1 aliphatic rings. The summed E-state index contributed by atoms with van der Waals surface area (Å²) in [7, 11) is 0. The minimum atomic E-state index is -1.07. The van der Waals surface area contributed by atoms with Crippen molar-refractivity contribution in [1.29, 1.82) is 0 Å². The van der Waals surface area contributed by atoms with Gasteiger partial charge in [0.05, 0.1) is 0 Å². The number of amides is 1. The summed E-state index contributed by atoms with van der Waals surface area (Å²) in [5.74, 6) is -1.54. The Morgan fingerprint density at radius 2 is 2.44 bits per heavy atom. The normalized spacial score (nSPS) is 20.6. The number of rotatable bonds is 4. The second-order valence-corrected chi connectivity index (χ2v) is 5.00. The number of ether oxygens (including phenoxy) is 1. The lowest BCUT2D eigenvalue weighted by Crippen LogP contribution is -2.38. The van der Waals surface area contributed by atoms with Crippen molar-refractivity contribution in [3.63, 3.8) is 0 Å². The quantitative estimate of drug-likeness (QED) is 0.858. The first-order valence-corrected chi connectivity index (χ1v) is 6.56. The second kappa shape index (κ2) is 5.45. The van der Waals surface area contributed by atoms with Gasteiger partial charge in [0.15, 0.2) is 0 Å². The fourth-order valence-corrected chi connectivity index (χ4v) is 2.53. The van der Waals surface area contributed by atoms with Gasteiger partial charge >= 0.3 is 5.97 Å². The van der Waals surface area contributed by atoms with Gasteiger partial charge in [-0.2, -0.15) is 0 Å². The molecule has 2 N–H and O–H groups in total. The van der Waals surface area contributed by atoms with E-state index in [1.54, 1.807) is 5.38 Å². The molecule has 1 aliphatic heterocycles. The Hall–Kier alpha value is -1.47. The van der Waals surface area contributed by atoms with Crippen LogP contribution in [0.1, 0.15) is 41.4 Å². The number of thiazole rings is 1. The van der Waals surface area contributed by atoms with Crippen LogP contribution in [-0.4, -0.2) is 34.6 Å². The third-order valence-electron chi connectivity index (χ3n) is 2.68. The Morgan fingerprint density at radius 3 is 3.06 bits per heavy atom. The van der Waals surface area contributed by atoms with E-state index < -0.39 is 17.9 Å². The van der Waals surface area contributed by atoms with Gasteiger partial charge in [-0.25, -0.2) is 4.98 Å². The summed E-state index contributed by atoms with van der Waals surface area (Å²) < 4.78 is 5.47. The minimum absolute atomic E-state index is 0.0200. The first kappa shape index (κ1) is 13.0. The highest BCUT2D eigenvalue weighted by atomic mass is 32.1. The summed E-state index contributed by atoms with van der Waals surface area (Å²) in [5, 5.41) is 13.5. The van der Waals surface area contributed by atoms with Crippen LogP contribution >= 0.6 is 11.3 Å². The number of hydrogen-bond donors (Lipinski definition) is 2. The molecule has 6 nitrogen and oxygen atoms in total. The topological polar surface area (TPSA) is 88.5 Å². The molecular weight excluding hydrogens is 256 g/mol. The van der Waals surface area contributed by atoms with E-state index in [4.69, 9.17) is 9.84 Å². The Balaban J connectivity index is 2.00. The number of nitrogens with zero attached hydrogens (tertiary/aromatic N) is 1. The van der Waals surface area contributed by atoms with Crippen LogP contribution in [-0.2, 0) is 9.53 Å². The Labute approximate surface area is 108 Å². The van der Waals surface area contributed by atoms with E-state index in [2.05, 4.69) is 10.3 Å². The monoisotopic (exact) mass is 270 g/mol. The summed E-state index contributed by atoms with van der Waals surface area (Å²) in [4.78, 5) is 26.5. The minimum Gasteiger partial charge on any atom is -0.480 e. The molecule has 2 unspecified atom stereocenters. The van der Waals surface area contributed by atoms with Gasteiger partial charge in [-0.05, 0) is 19.8 Å². The molecule has 0 radical (unpaired) electrons. The van der Waals surface area contributed by atoms with Gasteiger partial charge in [0.1, 0.15) is 22.8 Å². The van der Waals surface area contributed by atoms with Crippen molar-refractivity contribution in [2.45, 2.75) is 31.9 Å². The third-order valence-corrected chi connectivity index (χ3v) is 3.61. The summed E-state index contributed by atoms with van der Waals surface area (Å²) in [5.41, 5.74) is 0.249. The Kier molecular flexibility index (Phi) is 3.93. The van der Waals surface area contributed by atoms with Gasteiger partial charge in [-0.1, -0.05) is 0 Å². The zero-order valence-corrected chi connectivity index (χ0v) is 10.7. The van der Waals surface area contributed by atoms with Crippen molar-refractivity contribution >= 4 is 23.2 Å². The average molecular weight is 270 g/mol. The molecule has 1 aromatic rings. The number of nitrogens with one attached hydrogen (secondary N) is 1. The summed E-state index contributed by atoms with van der Waals surface area (Å²) >= 11 is 1.37. The van der Waals surface area contributed by atoms with Crippen molar-refractivity contribution in [1.82, 2.24) is 10.3 Å². The molecule has 0 spiro atoms. The van der Waals surface area contributed by atoms with Crippen LogP contribution in [0.25, 0.3) is 0 Å². The highest BCUT2D eigenvalue weighted by molar-refractivity contribution is 7.09. The predicted octanol–water partition coefficient (Wildman–Crippen LogP) is 1.20. The fraction of sp³-hybridized carbons (Fsp3) is 0.545. The van der Waals surface area contributed by atoms with Crippen molar-refractivity contribution in [2.75, 3.05) is 6.61 Å². The van der Waals surface area contributed by atoms with Crippen LogP contribution in [0, 0.1) is 0 Å². The molecule has 0 aromatic carbocycles. The Morgan fingerprint density at radius 1 is 1.67 bits per heavy atom. The number of aromatic nitrogens is 1. The molecule has 7 heteroatoms. The van der Waals surface area contributed by atoms with Crippen molar-refractivity contribution in [3.8, 4) is 0 Å². The standard InChI is InChI=1S/C11H14N2O4S/c1-6(11(15)16)12-9(14)7-5-18-10(13-7)8-3-2-4-17-8/h5-6,8H,2-4H2,1H3,(H,12,14)(H,15,16). The van der Waals surface area contributed by atoms with Crippen molar-refractivity contribution < 1.29 is 19.4 Å². The second-order valence-electron chi connectivity index (χ2n) is 4.11. The lowest BCUT2D eigenvalue weighted by atomic mass is 10.2. The molecule has 0 bridgehead atoms. The van der Waals surface area contributed by atoms with Gasteiger partial charge in [0.2, 0.25) is 0 Å². The van der Waals surface area contributed by atoms with E-state index in [1.807, 2.05) is 0 Å². The van der Waals surface area contributed by atoms with E-state index in [-0.39, 0.29) is 11.8 Å². The zero-order chi connectivity index (χ0) is 13.1. The number of carbonyl (C=O) groups excluding carboxylic acids is 1. The third kappa shape index (κ3) is 2.85. The molecule has 1 amide bonds. The Bertz CT molecular complexity index is 454. The smallest absolute Gasteiger partial charge is 0.325 e. The van der Waals surface area contributed by atoms with Crippen LogP contribution in [0.4, 0.5) is 0 Å². The van der Waals surface area contributed by atoms with Crippen molar-refractivity contribution in [2.24, 2.45) is 0 Å². The number of carbonyl (C=O) groups is 2. The molecule has 98 valence electrons. The molecule has 0 aliphatic carbocycles. The van der Waals surface area contributed by atoms with E-state index in [0.29, 0.717) is 0 Å². The van der Waals surface area contributed by atoms with E-state index in [1.165, 1.54) is 18.3 Å². The predicted molar refractivity (Wildman–Crippen MR) is 64.6 cm³/mol. The largest absolute Gasteiger partial charge is 0.480 e. The number of carboxylic acids is 1. The molecule has 2 rings (SSSR count). The van der Waals surface area contributed by atoms with E-state index in [0.717, 1.165) is 24.5 Å². The lowest BCUT2D eigenvalue weighted by Gasteiger charge is -2.07. The van der Waals surface area contributed by atoms with Crippen molar-refractivity contribution in [3.05, 3.63) is 16.1 Å². The highest BCUT2D eigenvalue weighted by Gasteiger charge is 2.23. The lowest BCUT2D eigenvalue weighted by molar-refractivity contribution is -0.138. The van der Waals surface area contributed by atoms with Crippen LogP contribution in [0.2, 0.25) is 0 Å². The number of carboxylic acid groups (broad SMARTS) is 1. The molecule has 1 aromatic heterocycles. The molecular formula is C11H14N2O4S. The van der Waals surface area contributed by atoms with Crippen LogP contribution in [0.5, 0.6) is 0 Å². The summed E-state index contributed by atoms with van der Waals surface area (Å²) in [6.45, 7) is 2.13. The van der Waals surface area contributed by atoms with Gasteiger partial charge in [-0.15, -0.1) is 11.3 Å². The first-order chi connectivity index (χ1) is 8.58. The van der Waals surface area contributed by atoms with Gasteiger partial charge < -0.3 is 15.2 Å². The zero-order valence-electron chi connectivity index (χ0n) is 9.88. The first-order valence-electron chi connectivity index (χ1n) is 5.68. The molecule has 2 heterocycles. The SMILES string of the molecule is CC(NC(=O)c1csc(C2CCCO2)n1)C(=O)O. The average Bonchev–Trinajstić information content (AvgIpc) is 2.99. The van der Waals surface area contributed by atoms with Crippen LogP contribution in [0.3, 0.4) is 0 Å². The van der Waals surface area contributed by atoms with E-state index >= 15 is 0 Å².